The fraction of sp³-hybridized carbons (Fsp3) is 1.00. The van der Waals surface area contributed by atoms with Crippen LogP contribution < -0.4 is 0 Å². The molecule has 0 amide bonds. The van der Waals surface area contributed by atoms with E-state index in [9.17, 15) is 8.42 Å². The zero-order valence-corrected chi connectivity index (χ0v) is 12.0. The van der Waals surface area contributed by atoms with Crippen LogP contribution in [-0.2, 0) is 9.84 Å². The van der Waals surface area contributed by atoms with Gasteiger partial charge in [0.15, 0.2) is 9.84 Å². The Morgan fingerprint density at radius 1 is 1.33 bits per heavy atom. The van der Waals surface area contributed by atoms with Crippen molar-refractivity contribution in [3.05, 3.63) is 0 Å². The Labute approximate surface area is 102 Å². The first-order valence-electron chi connectivity index (χ1n) is 5.73. The summed E-state index contributed by atoms with van der Waals surface area (Å²) in [4.78, 5) is 0. The van der Waals surface area contributed by atoms with Gasteiger partial charge >= 0.3 is 0 Å². The zero-order chi connectivity index (χ0) is 11.5. The molecule has 90 valence electrons. The van der Waals surface area contributed by atoms with Crippen molar-refractivity contribution in [2.75, 3.05) is 11.1 Å². The van der Waals surface area contributed by atoms with Gasteiger partial charge in [-0.2, -0.15) is 0 Å². The zero-order valence-electron chi connectivity index (χ0n) is 9.63. The molecule has 0 saturated heterocycles. The van der Waals surface area contributed by atoms with E-state index in [1.807, 2.05) is 13.8 Å². The maximum atomic E-state index is 12.1. The highest BCUT2D eigenvalue weighted by Gasteiger charge is 2.38. The molecule has 0 N–H and O–H groups in total. The summed E-state index contributed by atoms with van der Waals surface area (Å²) in [6.45, 7) is 3.77. The van der Waals surface area contributed by atoms with E-state index in [1.165, 1.54) is 12.8 Å². The lowest BCUT2D eigenvalue weighted by molar-refractivity contribution is 0.392. The van der Waals surface area contributed by atoms with Crippen molar-refractivity contribution in [2.24, 2.45) is 5.41 Å². The Bertz CT molecular complexity index is 292. The molecule has 0 bridgehead atoms. The second kappa shape index (κ2) is 5.17. The van der Waals surface area contributed by atoms with Crippen molar-refractivity contribution in [3.63, 3.8) is 0 Å². The van der Waals surface area contributed by atoms with Gasteiger partial charge in [-0.15, -0.1) is 0 Å². The van der Waals surface area contributed by atoms with E-state index in [0.717, 1.165) is 24.6 Å². The van der Waals surface area contributed by atoms with E-state index < -0.39 is 9.84 Å². The molecule has 0 radical (unpaired) electrons. The average molecular weight is 297 g/mol. The van der Waals surface area contributed by atoms with E-state index in [4.69, 9.17) is 0 Å². The summed E-state index contributed by atoms with van der Waals surface area (Å²) < 4.78 is 24.1. The topological polar surface area (TPSA) is 34.1 Å². The van der Waals surface area contributed by atoms with Crippen LogP contribution >= 0.6 is 15.9 Å². The fourth-order valence-electron chi connectivity index (χ4n) is 2.26. The molecule has 0 aromatic rings. The second-order valence-electron chi connectivity index (χ2n) is 4.87. The average Bonchev–Trinajstić information content (AvgIpc) is 2.65. The molecule has 2 nitrogen and oxygen atoms in total. The normalized spacial score (nSPS) is 22.9. The number of hydrogen-bond donors (Lipinski definition) is 0. The van der Waals surface area contributed by atoms with Gasteiger partial charge in [0, 0.05) is 5.33 Å². The molecule has 0 heterocycles. The first kappa shape index (κ1) is 13.5. The lowest BCUT2D eigenvalue weighted by atomic mass is 9.92. The highest BCUT2D eigenvalue weighted by molar-refractivity contribution is 9.09. The Morgan fingerprint density at radius 2 is 1.87 bits per heavy atom. The molecular weight excluding hydrogens is 276 g/mol. The molecule has 1 aliphatic carbocycles. The second-order valence-corrected chi connectivity index (χ2v) is 7.85. The predicted octanol–water partition coefficient (Wildman–Crippen LogP) is 3.16. The van der Waals surface area contributed by atoms with Crippen molar-refractivity contribution in [3.8, 4) is 0 Å². The van der Waals surface area contributed by atoms with Crippen LogP contribution in [0.25, 0.3) is 0 Å². The van der Waals surface area contributed by atoms with Crippen molar-refractivity contribution in [1.82, 2.24) is 0 Å². The Hall–Kier alpha value is 0.430. The van der Waals surface area contributed by atoms with Crippen LogP contribution in [0.5, 0.6) is 0 Å². The summed E-state index contributed by atoms with van der Waals surface area (Å²) in [6.07, 6.45) is 5.21. The molecule has 0 spiro atoms. The minimum Gasteiger partial charge on any atom is -0.229 e. The maximum Gasteiger partial charge on any atom is 0.153 e. The fourth-order valence-corrected chi connectivity index (χ4v) is 5.32. The first-order valence-corrected chi connectivity index (χ1v) is 8.57. The van der Waals surface area contributed by atoms with Gasteiger partial charge in [0.25, 0.3) is 0 Å². The minimum atomic E-state index is -2.89. The van der Waals surface area contributed by atoms with Crippen LogP contribution in [0.3, 0.4) is 0 Å². The SMILES string of the molecule is CCC(C)S(=O)(=O)CC1(CBr)CCCC1. The van der Waals surface area contributed by atoms with Crippen molar-refractivity contribution < 1.29 is 8.42 Å². The van der Waals surface area contributed by atoms with Gasteiger partial charge in [-0.1, -0.05) is 35.7 Å². The summed E-state index contributed by atoms with van der Waals surface area (Å²) >= 11 is 3.49. The van der Waals surface area contributed by atoms with E-state index in [0.29, 0.717) is 5.75 Å². The van der Waals surface area contributed by atoms with Crippen LogP contribution in [0, 0.1) is 5.41 Å². The summed E-state index contributed by atoms with van der Waals surface area (Å²) in [5.41, 5.74) is 0.0300. The van der Waals surface area contributed by atoms with E-state index in [-0.39, 0.29) is 10.7 Å². The Balaban J connectivity index is 2.74. The molecule has 0 aromatic carbocycles. The van der Waals surface area contributed by atoms with E-state index in [1.54, 1.807) is 0 Å². The largest absolute Gasteiger partial charge is 0.229 e. The molecule has 0 aliphatic heterocycles. The quantitative estimate of drug-likeness (QED) is 0.731. The third kappa shape index (κ3) is 3.19. The van der Waals surface area contributed by atoms with E-state index in [2.05, 4.69) is 15.9 Å². The molecule has 1 atom stereocenters. The standard InChI is InChI=1S/C11H21BrO2S/c1-3-10(2)15(13,14)9-11(8-12)6-4-5-7-11/h10H,3-9H2,1-2H3. The van der Waals surface area contributed by atoms with Crippen molar-refractivity contribution in [1.29, 1.82) is 0 Å². The van der Waals surface area contributed by atoms with Crippen LogP contribution in [0.1, 0.15) is 46.0 Å². The monoisotopic (exact) mass is 296 g/mol. The third-order valence-corrected chi connectivity index (χ3v) is 7.41. The van der Waals surface area contributed by atoms with Crippen LogP contribution in [0.15, 0.2) is 0 Å². The molecular formula is C11H21BrO2S. The van der Waals surface area contributed by atoms with Gasteiger partial charge in [0.1, 0.15) is 0 Å². The predicted molar refractivity (Wildman–Crippen MR) is 68.2 cm³/mol. The van der Waals surface area contributed by atoms with Gasteiger partial charge in [0.2, 0.25) is 0 Å². The minimum absolute atomic E-state index is 0.0300. The number of halogens is 1. The lowest BCUT2D eigenvalue weighted by Gasteiger charge is -2.27. The van der Waals surface area contributed by atoms with Gasteiger partial charge in [0.05, 0.1) is 11.0 Å². The smallest absolute Gasteiger partial charge is 0.153 e. The summed E-state index contributed by atoms with van der Waals surface area (Å²) in [7, 11) is -2.89. The molecule has 1 aliphatic rings. The lowest BCUT2D eigenvalue weighted by Crippen LogP contribution is -2.33. The molecule has 1 saturated carbocycles. The number of hydrogen-bond acceptors (Lipinski definition) is 2. The number of alkyl halides is 1. The van der Waals surface area contributed by atoms with Crippen molar-refractivity contribution >= 4 is 25.8 Å². The first-order chi connectivity index (χ1) is 6.96. The van der Waals surface area contributed by atoms with Crippen LogP contribution in [-0.4, -0.2) is 24.8 Å². The molecule has 1 rings (SSSR count). The van der Waals surface area contributed by atoms with Gasteiger partial charge in [-0.25, -0.2) is 8.42 Å². The number of rotatable bonds is 5. The van der Waals surface area contributed by atoms with Crippen LogP contribution in [0.4, 0.5) is 0 Å². The highest BCUT2D eigenvalue weighted by atomic mass is 79.9. The summed E-state index contributed by atoms with van der Waals surface area (Å²) in [5, 5.41) is 0.643. The van der Waals surface area contributed by atoms with Crippen molar-refractivity contribution in [2.45, 2.75) is 51.2 Å². The molecule has 4 heteroatoms. The molecule has 0 aromatic heterocycles. The Morgan fingerprint density at radius 3 is 2.27 bits per heavy atom. The van der Waals surface area contributed by atoms with Crippen LogP contribution in [0.2, 0.25) is 0 Å². The third-order valence-electron chi connectivity index (χ3n) is 3.64. The summed E-state index contributed by atoms with van der Waals surface area (Å²) in [5.74, 6) is 0.375. The molecule has 15 heavy (non-hydrogen) atoms. The highest BCUT2D eigenvalue weighted by Crippen LogP contribution is 2.41. The van der Waals surface area contributed by atoms with Gasteiger partial charge in [-0.3, -0.25) is 0 Å². The Kier molecular flexibility index (Phi) is 4.65. The summed E-state index contributed by atoms with van der Waals surface area (Å²) in [6, 6.07) is 0. The number of sulfone groups is 1. The van der Waals surface area contributed by atoms with Gasteiger partial charge < -0.3 is 0 Å². The maximum absolute atomic E-state index is 12.1. The van der Waals surface area contributed by atoms with Gasteiger partial charge in [-0.05, 0) is 31.6 Å². The molecule has 1 fully saturated rings. The van der Waals surface area contributed by atoms with E-state index >= 15 is 0 Å². The molecule has 1 unspecified atom stereocenters.